The van der Waals surface area contributed by atoms with Crippen LogP contribution in [0.5, 0.6) is 0 Å². The molecule has 12 aromatic rings. The predicted molar refractivity (Wildman–Crippen MR) is 230 cm³/mol. The van der Waals surface area contributed by atoms with Crippen LogP contribution in [0.25, 0.3) is 117 Å². The number of hydrogen-bond donors (Lipinski definition) is 0. The first-order chi connectivity index (χ1) is 28.2. The van der Waals surface area contributed by atoms with E-state index in [-0.39, 0.29) is 0 Å². The number of para-hydroxylation sites is 3. The van der Waals surface area contributed by atoms with E-state index in [1.807, 2.05) is 84.9 Å². The summed E-state index contributed by atoms with van der Waals surface area (Å²) in [5, 5.41) is 6.62. The molecular weight excluding hydrogens is 701 g/mol. The highest BCUT2D eigenvalue weighted by Crippen LogP contribution is 2.42. The summed E-state index contributed by atoms with van der Waals surface area (Å²) >= 11 is 0. The summed E-state index contributed by atoms with van der Waals surface area (Å²) in [6, 6.07) is 62.8. The fraction of sp³-hybridized carbons (Fsp3) is 0. The second-order valence-corrected chi connectivity index (χ2v) is 14.4. The van der Waals surface area contributed by atoms with E-state index in [0.29, 0.717) is 17.5 Å². The lowest BCUT2D eigenvalue weighted by Crippen LogP contribution is -2.01. The number of hydrogen-bond acceptors (Lipinski definition) is 5. The summed E-state index contributed by atoms with van der Waals surface area (Å²) in [5.41, 5.74) is 11.5. The van der Waals surface area contributed by atoms with Gasteiger partial charge in [-0.15, -0.1) is 0 Å². The number of nitrogens with zero attached hydrogens (tertiary/aromatic N) is 4. The van der Waals surface area contributed by atoms with Crippen molar-refractivity contribution in [2.45, 2.75) is 0 Å². The van der Waals surface area contributed by atoms with Crippen LogP contribution >= 0.6 is 0 Å². The third-order valence-corrected chi connectivity index (χ3v) is 11.0. The third-order valence-electron chi connectivity index (χ3n) is 11.0. The summed E-state index contributed by atoms with van der Waals surface area (Å²) in [5.74, 6) is 1.78. The van der Waals surface area contributed by atoms with Crippen LogP contribution in [0.2, 0.25) is 0 Å². The zero-order chi connectivity index (χ0) is 37.5. The van der Waals surface area contributed by atoms with E-state index in [0.717, 1.165) is 99.2 Å². The highest BCUT2D eigenvalue weighted by molar-refractivity contribution is 6.16. The first-order valence-corrected chi connectivity index (χ1v) is 19.0. The minimum atomic E-state index is 0.566. The molecule has 12 rings (SSSR count). The van der Waals surface area contributed by atoms with Gasteiger partial charge in [-0.2, -0.15) is 0 Å². The molecule has 0 unspecified atom stereocenters. The highest BCUT2D eigenvalue weighted by atomic mass is 16.3. The molecule has 6 nitrogen and oxygen atoms in total. The molecule has 0 N–H and O–H groups in total. The van der Waals surface area contributed by atoms with Crippen LogP contribution in [0.3, 0.4) is 0 Å². The van der Waals surface area contributed by atoms with Crippen molar-refractivity contribution in [3.05, 3.63) is 182 Å². The first-order valence-electron chi connectivity index (χ1n) is 19.0. The smallest absolute Gasteiger partial charge is 0.164 e. The Bertz CT molecular complexity index is 3470. The lowest BCUT2D eigenvalue weighted by molar-refractivity contribution is 0.668. The molecule has 0 aliphatic carbocycles. The summed E-state index contributed by atoms with van der Waals surface area (Å²) in [4.78, 5) is 15.2. The quantitative estimate of drug-likeness (QED) is 0.176. The van der Waals surface area contributed by atoms with Crippen LogP contribution < -0.4 is 0 Å². The van der Waals surface area contributed by atoms with Gasteiger partial charge in [0.15, 0.2) is 17.5 Å². The molecular formula is C51H30N4O2. The van der Waals surface area contributed by atoms with E-state index in [1.54, 1.807) is 0 Å². The van der Waals surface area contributed by atoms with Crippen LogP contribution in [0, 0.1) is 0 Å². The molecule has 0 aliphatic rings. The average Bonchev–Trinajstić information content (AvgIpc) is 3.95. The Hall–Kier alpha value is -7.83. The largest absolute Gasteiger partial charge is 0.456 e. The predicted octanol–water partition coefficient (Wildman–Crippen LogP) is 13.4. The third kappa shape index (κ3) is 5.01. The Labute approximate surface area is 325 Å². The maximum Gasteiger partial charge on any atom is 0.164 e. The standard InChI is InChI=1S/C51H30N4O2/c1-3-13-31(14-4-1)49-52-50(32-15-5-2-6-16-32)54-51(53-49)35-29-43(48-38-19-9-12-22-45(38)57-47(48)30-35)55-41-20-10-7-17-36(41)39-27-33(23-25-42(39)55)34-24-26-46-40(28-34)37-18-8-11-21-44(37)56-46/h1-30H. The SMILES string of the molecule is c1ccc(-c2nc(-c3ccccc3)nc(-c3cc(-n4c5ccccc5c5cc(-c6ccc7oc8ccccc8c7c6)ccc54)c4c(c3)oc3ccccc34)n2)cc1. The van der Waals surface area contributed by atoms with Gasteiger partial charge in [0.2, 0.25) is 0 Å². The molecule has 0 spiro atoms. The lowest BCUT2D eigenvalue weighted by atomic mass is 10.0. The van der Waals surface area contributed by atoms with Gasteiger partial charge in [0.1, 0.15) is 22.3 Å². The average molecular weight is 731 g/mol. The maximum absolute atomic E-state index is 6.65. The van der Waals surface area contributed by atoms with Crippen molar-refractivity contribution in [3.63, 3.8) is 0 Å². The van der Waals surface area contributed by atoms with Crippen LogP contribution in [0.15, 0.2) is 191 Å². The fourth-order valence-electron chi connectivity index (χ4n) is 8.39. The minimum absolute atomic E-state index is 0.566. The molecule has 0 saturated heterocycles. The normalized spacial score (nSPS) is 11.9. The Balaban J connectivity index is 1.11. The second kappa shape index (κ2) is 12.3. The first kappa shape index (κ1) is 31.5. The Morgan fingerprint density at radius 1 is 0.316 bits per heavy atom. The Morgan fingerprint density at radius 3 is 1.54 bits per heavy atom. The number of rotatable bonds is 5. The second-order valence-electron chi connectivity index (χ2n) is 14.4. The van der Waals surface area contributed by atoms with E-state index in [9.17, 15) is 0 Å². The summed E-state index contributed by atoms with van der Waals surface area (Å²) in [7, 11) is 0. The van der Waals surface area contributed by atoms with Crippen molar-refractivity contribution in [3.8, 4) is 51.0 Å². The van der Waals surface area contributed by atoms with Crippen molar-refractivity contribution in [1.29, 1.82) is 0 Å². The zero-order valence-electron chi connectivity index (χ0n) is 30.4. The van der Waals surface area contributed by atoms with Crippen LogP contribution in [-0.2, 0) is 0 Å². The van der Waals surface area contributed by atoms with Gasteiger partial charge >= 0.3 is 0 Å². The van der Waals surface area contributed by atoms with E-state index in [2.05, 4.69) is 102 Å². The molecule has 8 aromatic carbocycles. The molecule has 6 heteroatoms. The van der Waals surface area contributed by atoms with Crippen molar-refractivity contribution in [2.75, 3.05) is 0 Å². The highest BCUT2D eigenvalue weighted by Gasteiger charge is 2.22. The molecule has 0 saturated carbocycles. The molecule has 57 heavy (non-hydrogen) atoms. The molecule has 0 aliphatic heterocycles. The van der Waals surface area contributed by atoms with Crippen molar-refractivity contribution in [2.24, 2.45) is 0 Å². The molecule has 0 bridgehead atoms. The molecule has 0 radical (unpaired) electrons. The molecule has 0 fully saturated rings. The number of furan rings is 2. The molecule has 0 amide bonds. The Kier molecular flexibility index (Phi) is 6.83. The van der Waals surface area contributed by atoms with E-state index in [4.69, 9.17) is 23.8 Å². The minimum Gasteiger partial charge on any atom is -0.456 e. The maximum atomic E-state index is 6.65. The van der Waals surface area contributed by atoms with Gasteiger partial charge < -0.3 is 13.4 Å². The van der Waals surface area contributed by atoms with E-state index >= 15 is 0 Å². The zero-order valence-corrected chi connectivity index (χ0v) is 30.4. The summed E-state index contributed by atoms with van der Waals surface area (Å²) in [6.45, 7) is 0. The monoisotopic (exact) mass is 730 g/mol. The van der Waals surface area contributed by atoms with E-state index in [1.165, 1.54) is 0 Å². The number of aromatic nitrogens is 4. The van der Waals surface area contributed by atoms with Crippen LogP contribution in [0.4, 0.5) is 0 Å². The number of fused-ring (bicyclic) bond motifs is 9. The van der Waals surface area contributed by atoms with Gasteiger partial charge in [-0.05, 0) is 65.7 Å². The molecule has 4 heterocycles. The van der Waals surface area contributed by atoms with Crippen LogP contribution in [0.1, 0.15) is 0 Å². The molecule has 0 atom stereocenters. The Morgan fingerprint density at radius 2 is 0.825 bits per heavy atom. The van der Waals surface area contributed by atoms with Crippen molar-refractivity contribution >= 4 is 65.7 Å². The topological polar surface area (TPSA) is 69.9 Å². The van der Waals surface area contributed by atoms with E-state index < -0.39 is 0 Å². The summed E-state index contributed by atoms with van der Waals surface area (Å²) < 4.78 is 15.2. The van der Waals surface area contributed by atoms with Crippen LogP contribution in [-0.4, -0.2) is 19.5 Å². The van der Waals surface area contributed by atoms with Gasteiger partial charge in [0.05, 0.1) is 22.1 Å². The number of benzene rings is 8. The summed E-state index contributed by atoms with van der Waals surface area (Å²) in [6.07, 6.45) is 0. The molecule has 4 aromatic heterocycles. The molecule has 266 valence electrons. The van der Waals surface area contributed by atoms with Gasteiger partial charge in [-0.3, -0.25) is 0 Å². The van der Waals surface area contributed by atoms with Gasteiger partial charge in [-0.25, -0.2) is 15.0 Å². The van der Waals surface area contributed by atoms with Crippen molar-refractivity contribution in [1.82, 2.24) is 19.5 Å². The lowest BCUT2D eigenvalue weighted by Gasteiger charge is -2.13. The fourth-order valence-corrected chi connectivity index (χ4v) is 8.39. The van der Waals surface area contributed by atoms with Crippen molar-refractivity contribution < 1.29 is 8.83 Å². The van der Waals surface area contributed by atoms with Gasteiger partial charge in [-0.1, -0.05) is 127 Å². The van der Waals surface area contributed by atoms with Gasteiger partial charge in [0, 0.05) is 43.6 Å². The van der Waals surface area contributed by atoms with Gasteiger partial charge in [0.25, 0.3) is 0 Å².